The number of methoxy groups -OCH3 is 1. The molecule has 0 aromatic heterocycles. The fourth-order valence-electron chi connectivity index (χ4n) is 1.45. The third kappa shape index (κ3) is 3.84. The molecule has 0 radical (unpaired) electrons. The topological polar surface area (TPSA) is 46.2 Å². The van der Waals surface area contributed by atoms with E-state index >= 15 is 0 Å². The minimum atomic E-state index is -0.370. The van der Waals surface area contributed by atoms with Gasteiger partial charge in [-0.3, -0.25) is 0 Å². The Kier molecular flexibility index (Phi) is 5.25. The lowest BCUT2D eigenvalue weighted by atomic mass is 10.3. The van der Waals surface area contributed by atoms with Gasteiger partial charge in [0.15, 0.2) is 19.4 Å². The van der Waals surface area contributed by atoms with E-state index in [1.807, 2.05) is 24.3 Å². The van der Waals surface area contributed by atoms with Crippen LogP contribution in [0.3, 0.4) is 0 Å². The zero-order valence-corrected chi connectivity index (χ0v) is 11.6. The molecular formula is C12H15BrO5. The Morgan fingerprint density at radius 2 is 2.00 bits per heavy atom. The van der Waals surface area contributed by atoms with Gasteiger partial charge in [0, 0.05) is 0 Å². The largest absolute Gasteiger partial charge is 0.497 e. The molecule has 1 aliphatic rings. The Labute approximate surface area is 114 Å². The van der Waals surface area contributed by atoms with Crippen molar-refractivity contribution in [3.05, 3.63) is 24.3 Å². The van der Waals surface area contributed by atoms with Crippen molar-refractivity contribution in [2.45, 2.75) is 12.6 Å². The van der Waals surface area contributed by atoms with Gasteiger partial charge in [-0.2, -0.15) is 0 Å². The van der Waals surface area contributed by atoms with Crippen LogP contribution in [-0.2, 0) is 14.2 Å². The number of benzene rings is 1. The molecule has 2 rings (SSSR count). The molecule has 0 amide bonds. The summed E-state index contributed by atoms with van der Waals surface area (Å²) in [6.45, 7) is 0.539. The fourth-order valence-corrected chi connectivity index (χ4v) is 1.79. The van der Waals surface area contributed by atoms with Crippen molar-refractivity contribution in [3.8, 4) is 11.5 Å². The summed E-state index contributed by atoms with van der Waals surface area (Å²) >= 11 is 3.27. The molecule has 0 spiro atoms. The summed E-state index contributed by atoms with van der Waals surface area (Å²) in [5, 5.41) is 0.631. The summed E-state index contributed by atoms with van der Waals surface area (Å²) < 4.78 is 26.5. The quantitative estimate of drug-likeness (QED) is 0.594. The molecule has 0 saturated carbocycles. The summed E-state index contributed by atoms with van der Waals surface area (Å²) in [6.07, 6.45) is -0.609. The van der Waals surface area contributed by atoms with Crippen LogP contribution in [0.25, 0.3) is 0 Å². The molecule has 0 N–H and O–H groups in total. The number of rotatable bonds is 6. The van der Waals surface area contributed by atoms with E-state index in [2.05, 4.69) is 15.9 Å². The Hall–Kier alpha value is -0.820. The van der Waals surface area contributed by atoms with Crippen LogP contribution in [0.1, 0.15) is 0 Å². The van der Waals surface area contributed by atoms with Crippen LogP contribution >= 0.6 is 15.9 Å². The summed E-state index contributed by atoms with van der Waals surface area (Å²) in [4.78, 5) is 0. The maximum Gasteiger partial charge on any atom is 0.192 e. The van der Waals surface area contributed by atoms with Gasteiger partial charge in [-0.15, -0.1) is 0 Å². The highest BCUT2D eigenvalue weighted by molar-refractivity contribution is 9.09. The van der Waals surface area contributed by atoms with Crippen LogP contribution in [0.5, 0.6) is 11.5 Å². The first kappa shape index (κ1) is 13.6. The van der Waals surface area contributed by atoms with Gasteiger partial charge in [0.2, 0.25) is 0 Å². The molecule has 5 nitrogen and oxygen atoms in total. The number of hydrogen-bond donors (Lipinski definition) is 0. The Bertz CT molecular complexity index is 356. The Morgan fingerprint density at radius 3 is 2.61 bits per heavy atom. The van der Waals surface area contributed by atoms with E-state index < -0.39 is 0 Å². The zero-order valence-electron chi connectivity index (χ0n) is 10.0. The summed E-state index contributed by atoms with van der Waals surface area (Å²) in [7, 11) is 1.62. The number of hydrogen-bond acceptors (Lipinski definition) is 5. The summed E-state index contributed by atoms with van der Waals surface area (Å²) in [5.74, 6) is 1.50. The first-order chi connectivity index (χ1) is 8.81. The predicted octanol–water partition coefficient (Wildman–Crippen LogP) is 2.14. The van der Waals surface area contributed by atoms with Crippen molar-refractivity contribution in [2.24, 2.45) is 0 Å². The van der Waals surface area contributed by atoms with Crippen molar-refractivity contribution in [2.75, 3.05) is 25.8 Å². The van der Waals surface area contributed by atoms with Gasteiger partial charge in [-0.25, -0.2) is 0 Å². The number of halogens is 1. The van der Waals surface area contributed by atoms with E-state index in [-0.39, 0.29) is 19.4 Å². The molecule has 2 atom stereocenters. The van der Waals surface area contributed by atoms with E-state index in [1.54, 1.807) is 7.11 Å². The van der Waals surface area contributed by atoms with E-state index in [4.69, 9.17) is 23.7 Å². The predicted molar refractivity (Wildman–Crippen MR) is 68.0 cm³/mol. The molecule has 1 aromatic rings. The van der Waals surface area contributed by atoms with Crippen molar-refractivity contribution in [1.82, 2.24) is 0 Å². The van der Waals surface area contributed by atoms with Crippen LogP contribution in [0.4, 0.5) is 0 Å². The lowest BCUT2D eigenvalue weighted by Gasteiger charge is -2.12. The highest BCUT2D eigenvalue weighted by atomic mass is 79.9. The van der Waals surface area contributed by atoms with Gasteiger partial charge in [-0.05, 0) is 24.3 Å². The second-order valence-corrected chi connectivity index (χ2v) is 4.23. The van der Waals surface area contributed by atoms with Gasteiger partial charge in [0.25, 0.3) is 0 Å². The lowest BCUT2D eigenvalue weighted by Crippen LogP contribution is -2.19. The average Bonchev–Trinajstić information content (AvgIpc) is 2.87. The second-order valence-electron chi connectivity index (χ2n) is 3.59. The Morgan fingerprint density at radius 1 is 1.28 bits per heavy atom. The van der Waals surface area contributed by atoms with Crippen LogP contribution in [0.2, 0.25) is 0 Å². The van der Waals surface area contributed by atoms with Gasteiger partial charge in [-0.1, -0.05) is 15.9 Å². The molecule has 1 aliphatic heterocycles. The van der Waals surface area contributed by atoms with E-state index in [1.165, 1.54) is 0 Å². The third-order valence-electron chi connectivity index (χ3n) is 2.39. The van der Waals surface area contributed by atoms with Crippen molar-refractivity contribution in [3.63, 3.8) is 0 Å². The first-order valence-electron chi connectivity index (χ1n) is 5.53. The average molecular weight is 319 g/mol. The summed E-state index contributed by atoms with van der Waals surface area (Å²) in [6, 6.07) is 7.28. The molecule has 1 saturated heterocycles. The number of alkyl halides is 1. The standard InChI is InChI=1S/C12H15BrO5/c1-14-9-2-4-10(5-3-9)16-8-17-12-7-15-11(6-13)18-12/h2-5,11-12H,6-8H2,1H3. The molecule has 100 valence electrons. The van der Waals surface area contributed by atoms with E-state index in [0.717, 1.165) is 5.75 Å². The monoisotopic (exact) mass is 318 g/mol. The van der Waals surface area contributed by atoms with E-state index in [0.29, 0.717) is 17.7 Å². The SMILES string of the molecule is COc1ccc(OCOC2COC(CBr)O2)cc1. The lowest BCUT2D eigenvalue weighted by molar-refractivity contribution is -0.163. The normalized spacial score (nSPS) is 23.0. The highest BCUT2D eigenvalue weighted by Gasteiger charge is 2.25. The van der Waals surface area contributed by atoms with Crippen molar-refractivity contribution in [1.29, 1.82) is 0 Å². The second kappa shape index (κ2) is 6.94. The molecular weight excluding hydrogens is 304 g/mol. The van der Waals surface area contributed by atoms with Crippen LogP contribution in [-0.4, -0.2) is 38.4 Å². The smallest absolute Gasteiger partial charge is 0.192 e. The van der Waals surface area contributed by atoms with Crippen LogP contribution in [0, 0.1) is 0 Å². The van der Waals surface area contributed by atoms with Crippen LogP contribution in [0.15, 0.2) is 24.3 Å². The third-order valence-corrected chi connectivity index (χ3v) is 2.92. The molecule has 1 fully saturated rings. The molecule has 0 aliphatic carbocycles. The van der Waals surface area contributed by atoms with E-state index in [9.17, 15) is 0 Å². The first-order valence-corrected chi connectivity index (χ1v) is 6.65. The van der Waals surface area contributed by atoms with Crippen molar-refractivity contribution >= 4 is 15.9 Å². The zero-order chi connectivity index (χ0) is 12.8. The summed E-state index contributed by atoms with van der Waals surface area (Å²) in [5.41, 5.74) is 0. The van der Waals surface area contributed by atoms with Crippen molar-refractivity contribution < 1.29 is 23.7 Å². The highest BCUT2D eigenvalue weighted by Crippen LogP contribution is 2.18. The van der Waals surface area contributed by atoms with Crippen LogP contribution < -0.4 is 9.47 Å². The Balaban J connectivity index is 1.68. The van der Waals surface area contributed by atoms with Gasteiger partial charge in [0.1, 0.15) is 18.1 Å². The molecule has 18 heavy (non-hydrogen) atoms. The number of ether oxygens (including phenoxy) is 5. The maximum atomic E-state index is 5.41. The minimum Gasteiger partial charge on any atom is -0.497 e. The molecule has 1 heterocycles. The fraction of sp³-hybridized carbons (Fsp3) is 0.500. The van der Waals surface area contributed by atoms with Gasteiger partial charge in [0.05, 0.1) is 12.4 Å². The minimum absolute atomic E-state index is 0.120. The molecule has 0 bridgehead atoms. The van der Waals surface area contributed by atoms with Gasteiger partial charge < -0.3 is 23.7 Å². The molecule has 1 aromatic carbocycles. The maximum absolute atomic E-state index is 5.41. The van der Waals surface area contributed by atoms with Gasteiger partial charge >= 0.3 is 0 Å². The molecule has 2 unspecified atom stereocenters. The molecule has 6 heteroatoms.